The highest BCUT2D eigenvalue weighted by atomic mass is 32.2. The zero-order valence-electron chi connectivity index (χ0n) is 15.6. The van der Waals surface area contributed by atoms with Crippen molar-refractivity contribution in [2.45, 2.75) is 29.7 Å². The van der Waals surface area contributed by atoms with E-state index in [1.165, 1.54) is 23.9 Å². The van der Waals surface area contributed by atoms with Crippen LogP contribution in [0, 0.1) is 5.82 Å². The van der Waals surface area contributed by atoms with Gasteiger partial charge in [-0.05, 0) is 54.6 Å². The Labute approximate surface area is 172 Å². The molecule has 0 bridgehead atoms. The van der Waals surface area contributed by atoms with E-state index in [9.17, 15) is 14.3 Å². The molecule has 0 amide bonds. The Morgan fingerprint density at radius 2 is 2.00 bits per heavy atom. The summed E-state index contributed by atoms with van der Waals surface area (Å²) in [6.07, 6.45) is 0.707. The Balaban J connectivity index is 1.49. The second-order valence-electron chi connectivity index (χ2n) is 6.82. The fraction of sp³-hybridized carbons (Fsp3) is 0.286. The van der Waals surface area contributed by atoms with Gasteiger partial charge < -0.3 is 15.2 Å². The molecular formula is C21H22FNO3S2. The summed E-state index contributed by atoms with van der Waals surface area (Å²) in [7, 11) is 0. The molecule has 0 saturated carbocycles. The first-order chi connectivity index (χ1) is 13.3. The Kier molecular flexibility index (Phi) is 6.57. The maximum absolute atomic E-state index is 13.1. The second-order valence-corrected chi connectivity index (χ2v) is 9.83. The number of hydrogen-bond donors (Lipinski definition) is 2. The maximum atomic E-state index is 13.1. The lowest BCUT2D eigenvalue weighted by molar-refractivity contribution is -0.138. The third-order valence-electron chi connectivity index (χ3n) is 4.21. The van der Waals surface area contributed by atoms with Gasteiger partial charge in [-0.1, -0.05) is 36.0 Å². The first-order valence-electron chi connectivity index (χ1n) is 8.84. The molecule has 0 radical (unpaired) electrons. The van der Waals surface area contributed by atoms with Gasteiger partial charge in [-0.15, -0.1) is 11.8 Å². The van der Waals surface area contributed by atoms with Gasteiger partial charge in [-0.25, -0.2) is 4.39 Å². The first-order valence-corrected chi connectivity index (χ1v) is 10.7. The van der Waals surface area contributed by atoms with Crippen molar-refractivity contribution in [1.82, 2.24) is 5.32 Å². The molecular weight excluding hydrogens is 397 g/mol. The van der Waals surface area contributed by atoms with Crippen LogP contribution < -0.4 is 10.1 Å². The Hall–Kier alpha value is -2.12. The highest BCUT2D eigenvalue weighted by Crippen LogP contribution is 2.38. The van der Waals surface area contributed by atoms with Crippen LogP contribution in [0.4, 0.5) is 4.39 Å². The normalized spacial score (nSPS) is 16.4. The van der Waals surface area contributed by atoms with Gasteiger partial charge in [0.2, 0.25) is 0 Å². The molecule has 2 N–H and O–H groups in total. The van der Waals surface area contributed by atoms with Crippen molar-refractivity contribution in [1.29, 1.82) is 0 Å². The topological polar surface area (TPSA) is 58.6 Å². The second kappa shape index (κ2) is 8.92. The van der Waals surface area contributed by atoms with Crippen LogP contribution in [0.25, 0.3) is 11.1 Å². The summed E-state index contributed by atoms with van der Waals surface area (Å²) < 4.78 is 18.1. The van der Waals surface area contributed by atoms with Crippen molar-refractivity contribution >= 4 is 29.5 Å². The van der Waals surface area contributed by atoms with Crippen LogP contribution in [0.15, 0.2) is 59.6 Å². The molecule has 1 unspecified atom stereocenters. The molecule has 1 aliphatic rings. The van der Waals surface area contributed by atoms with Crippen LogP contribution >= 0.6 is 23.5 Å². The van der Waals surface area contributed by atoms with Crippen molar-refractivity contribution in [2.75, 3.05) is 6.61 Å². The van der Waals surface area contributed by atoms with Gasteiger partial charge in [0.1, 0.15) is 21.0 Å². The lowest BCUT2D eigenvalue weighted by Gasteiger charge is -2.23. The van der Waals surface area contributed by atoms with E-state index in [0.29, 0.717) is 13.0 Å². The molecule has 1 aliphatic heterocycles. The van der Waals surface area contributed by atoms with Crippen molar-refractivity contribution in [3.63, 3.8) is 0 Å². The predicted octanol–water partition coefficient (Wildman–Crippen LogP) is 5.32. The maximum Gasteiger partial charge on any atom is 0.319 e. The number of carboxylic acid groups (broad SMARTS) is 1. The van der Waals surface area contributed by atoms with Crippen LogP contribution in [0.1, 0.15) is 20.3 Å². The van der Waals surface area contributed by atoms with Crippen molar-refractivity contribution in [3.8, 4) is 16.9 Å². The standard InChI is InChI=1S/C21H22FNO3S2/c1-21(2,19(24)25)28-20-23-17(13-27-20)10-11-26-18-5-3-4-15(12-18)14-6-8-16(22)9-7-14/h3-9,12-13,20,23H,10-11H2,1-2H3,(H,24,25). The zero-order chi connectivity index (χ0) is 20.1. The average molecular weight is 420 g/mol. The van der Waals surface area contributed by atoms with Crippen molar-refractivity contribution in [2.24, 2.45) is 0 Å². The number of thioether (sulfide) groups is 2. The highest BCUT2D eigenvalue weighted by Gasteiger charge is 2.33. The highest BCUT2D eigenvalue weighted by molar-refractivity contribution is 8.19. The number of halogens is 1. The number of carboxylic acids is 1. The molecule has 0 aliphatic carbocycles. The molecule has 0 saturated heterocycles. The minimum atomic E-state index is -0.842. The van der Waals surface area contributed by atoms with Gasteiger partial charge in [0.05, 0.1) is 6.61 Å². The third-order valence-corrected chi connectivity index (χ3v) is 6.71. The Morgan fingerprint density at radius 3 is 2.71 bits per heavy atom. The van der Waals surface area contributed by atoms with Crippen LogP contribution in [0.5, 0.6) is 5.75 Å². The number of hydrogen-bond acceptors (Lipinski definition) is 5. The fourth-order valence-corrected chi connectivity index (χ4v) is 5.21. The number of rotatable bonds is 8. The number of benzene rings is 2. The van der Waals surface area contributed by atoms with Crippen LogP contribution in [-0.4, -0.2) is 27.1 Å². The predicted molar refractivity (Wildman–Crippen MR) is 114 cm³/mol. The summed E-state index contributed by atoms with van der Waals surface area (Å²) in [5.74, 6) is -0.321. The lowest BCUT2D eigenvalue weighted by Crippen LogP contribution is -2.32. The quantitative estimate of drug-likeness (QED) is 0.604. The number of carbonyl (C=O) groups is 1. The molecule has 2 aromatic carbocycles. The van der Waals surface area contributed by atoms with E-state index in [0.717, 1.165) is 22.6 Å². The van der Waals surface area contributed by atoms with E-state index < -0.39 is 10.7 Å². The van der Waals surface area contributed by atoms with E-state index in [-0.39, 0.29) is 10.5 Å². The van der Waals surface area contributed by atoms with Gasteiger partial charge in [0.15, 0.2) is 0 Å². The summed E-state index contributed by atoms with van der Waals surface area (Å²) in [6, 6.07) is 14.1. The largest absolute Gasteiger partial charge is 0.493 e. The fourth-order valence-electron chi connectivity index (χ4n) is 2.56. The minimum absolute atomic E-state index is 0.0112. The summed E-state index contributed by atoms with van der Waals surface area (Å²) in [5, 5.41) is 14.6. The molecule has 148 valence electrons. The molecule has 3 rings (SSSR count). The number of nitrogens with one attached hydrogen (secondary N) is 1. The van der Waals surface area contributed by atoms with Gasteiger partial charge in [-0.2, -0.15) is 0 Å². The molecule has 2 aromatic rings. The third kappa shape index (κ3) is 5.45. The summed E-state index contributed by atoms with van der Waals surface area (Å²) in [6.45, 7) is 3.92. The Morgan fingerprint density at radius 1 is 1.25 bits per heavy atom. The summed E-state index contributed by atoms with van der Waals surface area (Å²) in [4.78, 5) is 11.3. The number of aliphatic carboxylic acids is 1. The lowest BCUT2D eigenvalue weighted by atomic mass is 10.1. The van der Waals surface area contributed by atoms with E-state index in [2.05, 4.69) is 5.32 Å². The van der Waals surface area contributed by atoms with Crippen LogP contribution in [-0.2, 0) is 4.79 Å². The smallest absolute Gasteiger partial charge is 0.319 e. The molecule has 0 spiro atoms. The first kappa shape index (κ1) is 20.6. The monoisotopic (exact) mass is 419 g/mol. The molecule has 1 atom stereocenters. The molecule has 1 heterocycles. The van der Waals surface area contributed by atoms with E-state index in [1.54, 1.807) is 37.7 Å². The van der Waals surface area contributed by atoms with Gasteiger partial charge >= 0.3 is 5.97 Å². The van der Waals surface area contributed by atoms with E-state index in [4.69, 9.17) is 4.74 Å². The van der Waals surface area contributed by atoms with Crippen molar-refractivity contribution < 1.29 is 19.0 Å². The Bertz CT molecular complexity index is 868. The van der Waals surface area contributed by atoms with Crippen molar-refractivity contribution in [3.05, 3.63) is 65.5 Å². The van der Waals surface area contributed by atoms with Gasteiger partial charge in [0, 0.05) is 12.1 Å². The number of ether oxygens (including phenoxy) is 1. The molecule has 28 heavy (non-hydrogen) atoms. The average Bonchev–Trinajstić information content (AvgIpc) is 3.09. The van der Waals surface area contributed by atoms with Crippen LogP contribution in [0.3, 0.4) is 0 Å². The minimum Gasteiger partial charge on any atom is -0.493 e. The van der Waals surface area contributed by atoms with Gasteiger partial charge in [0.25, 0.3) is 0 Å². The molecule has 7 heteroatoms. The zero-order valence-corrected chi connectivity index (χ0v) is 17.3. The molecule has 0 fully saturated rings. The molecule has 0 aromatic heterocycles. The SMILES string of the molecule is CC(C)(SC1NC(CCOc2cccc(-c3ccc(F)cc3)c2)=CS1)C(=O)O. The van der Waals surface area contributed by atoms with E-state index >= 15 is 0 Å². The molecule has 4 nitrogen and oxygen atoms in total. The van der Waals surface area contributed by atoms with E-state index in [1.807, 2.05) is 29.7 Å². The van der Waals surface area contributed by atoms with Crippen LogP contribution in [0.2, 0.25) is 0 Å². The van der Waals surface area contributed by atoms with Gasteiger partial charge in [-0.3, -0.25) is 4.79 Å². The summed E-state index contributed by atoms with van der Waals surface area (Å²) in [5.41, 5.74) is 2.95. The summed E-state index contributed by atoms with van der Waals surface area (Å²) >= 11 is 2.97.